The van der Waals surface area contributed by atoms with E-state index in [0.29, 0.717) is 6.54 Å². The van der Waals surface area contributed by atoms with Crippen molar-refractivity contribution >= 4 is 17.5 Å². The highest BCUT2D eigenvalue weighted by molar-refractivity contribution is 5.83. The van der Waals surface area contributed by atoms with Gasteiger partial charge in [-0.25, -0.2) is 9.97 Å². The molecule has 1 heterocycles. The summed E-state index contributed by atoms with van der Waals surface area (Å²) in [5, 5.41) is 5.35. The first-order chi connectivity index (χ1) is 9.65. The first-order valence-corrected chi connectivity index (χ1v) is 6.33. The molecule has 0 fully saturated rings. The van der Waals surface area contributed by atoms with E-state index in [4.69, 9.17) is 0 Å². The van der Waals surface area contributed by atoms with Crippen molar-refractivity contribution in [2.24, 2.45) is 0 Å². The quantitative estimate of drug-likeness (QED) is 0.868. The summed E-state index contributed by atoms with van der Waals surface area (Å²) in [6.07, 6.45) is -4.66. The number of hydrogen-bond acceptors (Lipinski definition) is 5. The summed E-state index contributed by atoms with van der Waals surface area (Å²) < 4.78 is 38.3. The van der Waals surface area contributed by atoms with E-state index in [2.05, 4.69) is 20.6 Å². The number of aromatic nitrogens is 2. The van der Waals surface area contributed by atoms with E-state index in [1.165, 1.54) is 11.0 Å². The predicted molar refractivity (Wildman–Crippen MR) is 73.0 cm³/mol. The van der Waals surface area contributed by atoms with Crippen LogP contribution in [0.1, 0.15) is 19.7 Å². The average molecular weight is 305 g/mol. The maximum absolute atomic E-state index is 12.8. The number of nitrogens with one attached hydrogen (secondary N) is 2. The van der Waals surface area contributed by atoms with Crippen LogP contribution in [0, 0.1) is 0 Å². The highest BCUT2D eigenvalue weighted by Gasteiger charge is 2.35. The van der Waals surface area contributed by atoms with Crippen molar-refractivity contribution in [2.75, 3.05) is 31.3 Å². The van der Waals surface area contributed by atoms with Crippen LogP contribution < -0.4 is 10.6 Å². The lowest BCUT2D eigenvalue weighted by molar-refractivity contribution is -0.144. The minimum Gasteiger partial charge on any atom is -0.370 e. The maximum Gasteiger partial charge on any atom is 0.451 e. The van der Waals surface area contributed by atoms with Crippen molar-refractivity contribution in [2.45, 2.75) is 26.1 Å². The molecular weight excluding hydrogens is 287 g/mol. The summed E-state index contributed by atoms with van der Waals surface area (Å²) >= 11 is 0. The fourth-order valence-corrected chi connectivity index (χ4v) is 1.59. The predicted octanol–water partition coefficient (Wildman–Crippen LogP) is 1.82. The topological polar surface area (TPSA) is 70.2 Å². The highest BCUT2D eigenvalue weighted by atomic mass is 19.4. The second-order valence-corrected chi connectivity index (χ2v) is 4.59. The number of hydrogen-bond donors (Lipinski definition) is 2. The molecule has 0 saturated carbocycles. The van der Waals surface area contributed by atoms with Gasteiger partial charge in [0.05, 0.1) is 0 Å². The van der Waals surface area contributed by atoms with E-state index < -0.39 is 18.0 Å². The zero-order valence-corrected chi connectivity index (χ0v) is 12.2. The van der Waals surface area contributed by atoms with Crippen molar-refractivity contribution in [3.05, 3.63) is 11.9 Å². The van der Waals surface area contributed by atoms with Crippen molar-refractivity contribution in [3.8, 4) is 0 Å². The van der Waals surface area contributed by atoms with Gasteiger partial charge in [-0.3, -0.25) is 4.79 Å². The number of rotatable bonds is 5. The van der Waals surface area contributed by atoms with Gasteiger partial charge in [0.15, 0.2) is 0 Å². The maximum atomic E-state index is 12.8. The second-order valence-electron chi connectivity index (χ2n) is 4.59. The molecule has 0 saturated heterocycles. The molecule has 0 bridgehead atoms. The largest absolute Gasteiger partial charge is 0.451 e. The average Bonchev–Trinajstić information content (AvgIpc) is 2.36. The number of halogens is 3. The molecule has 21 heavy (non-hydrogen) atoms. The van der Waals surface area contributed by atoms with Gasteiger partial charge in [-0.15, -0.1) is 0 Å². The van der Waals surface area contributed by atoms with E-state index in [1.807, 2.05) is 0 Å². The van der Waals surface area contributed by atoms with Crippen LogP contribution in [0.4, 0.5) is 24.8 Å². The zero-order valence-electron chi connectivity index (χ0n) is 12.2. The van der Waals surface area contributed by atoms with E-state index in [1.54, 1.807) is 27.9 Å². The number of likely N-dealkylation sites (N-methyl/N-ethyl adjacent to an activating group) is 1. The summed E-state index contributed by atoms with van der Waals surface area (Å²) in [5.74, 6) is -1.54. The van der Waals surface area contributed by atoms with Crippen LogP contribution in [0.25, 0.3) is 0 Å². The molecule has 0 aliphatic carbocycles. The summed E-state index contributed by atoms with van der Waals surface area (Å²) in [5.41, 5.74) is 0. The molecule has 1 aromatic heterocycles. The Kier molecular flexibility index (Phi) is 5.34. The van der Waals surface area contributed by atoms with Crippen LogP contribution in [0.5, 0.6) is 0 Å². The lowest BCUT2D eigenvalue weighted by Gasteiger charge is -2.19. The van der Waals surface area contributed by atoms with Crippen molar-refractivity contribution in [1.82, 2.24) is 14.9 Å². The first kappa shape index (κ1) is 17.0. The monoisotopic (exact) mass is 305 g/mol. The van der Waals surface area contributed by atoms with Crippen LogP contribution in [0.15, 0.2) is 6.07 Å². The summed E-state index contributed by atoms with van der Waals surface area (Å²) in [6.45, 7) is 3.70. The van der Waals surface area contributed by atoms with Gasteiger partial charge in [0.1, 0.15) is 17.7 Å². The normalized spacial score (nSPS) is 12.7. The van der Waals surface area contributed by atoms with Crippen LogP contribution in [-0.2, 0) is 11.0 Å². The molecule has 0 radical (unpaired) electrons. The van der Waals surface area contributed by atoms with E-state index >= 15 is 0 Å². The number of carbonyl (C=O) groups is 1. The number of carbonyl (C=O) groups excluding carboxylic acids is 1. The lowest BCUT2D eigenvalue weighted by atomic mass is 10.3. The van der Waals surface area contributed by atoms with E-state index in [0.717, 1.165) is 0 Å². The molecular formula is C12H18F3N5O. The second kappa shape index (κ2) is 6.59. The fourth-order valence-electron chi connectivity index (χ4n) is 1.59. The third-order valence-electron chi connectivity index (χ3n) is 2.51. The first-order valence-electron chi connectivity index (χ1n) is 6.33. The Morgan fingerprint density at radius 2 is 1.90 bits per heavy atom. The molecule has 0 spiro atoms. The molecule has 0 aliphatic rings. The molecule has 0 aliphatic heterocycles. The number of anilines is 2. The van der Waals surface area contributed by atoms with Crippen LogP contribution in [0.2, 0.25) is 0 Å². The van der Waals surface area contributed by atoms with Gasteiger partial charge < -0.3 is 15.5 Å². The Morgan fingerprint density at radius 1 is 1.33 bits per heavy atom. The number of alkyl halides is 3. The van der Waals surface area contributed by atoms with E-state index in [9.17, 15) is 18.0 Å². The van der Waals surface area contributed by atoms with E-state index in [-0.39, 0.29) is 17.5 Å². The minimum absolute atomic E-state index is 0.0480. The Labute approximate surface area is 120 Å². The van der Waals surface area contributed by atoms with Gasteiger partial charge in [0.25, 0.3) is 0 Å². The van der Waals surface area contributed by atoms with Gasteiger partial charge in [0, 0.05) is 26.7 Å². The SMILES string of the molecule is CCNc1cc(NC(C)C(=O)N(C)C)nc(C(F)(F)F)n1. The van der Waals surface area contributed by atoms with Gasteiger partial charge in [-0.05, 0) is 13.8 Å². The molecule has 6 nitrogen and oxygen atoms in total. The summed E-state index contributed by atoms with van der Waals surface area (Å²) in [4.78, 5) is 19.9. The van der Waals surface area contributed by atoms with Gasteiger partial charge in [-0.2, -0.15) is 13.2 Å². The van der Waals surface area contributed by atoms with Crippen molar-refractivity contribution in [3.63, 3.8) is 0 Å². The molecule has 1 atom stereocenters. The van der Waals surface area contributed by atoms with Gasteiger partial charge in [-0.1, -0.05) is 0 Å². The smallest absolute Gasteiger partial charge is 0.370 e. The zero-order chi connectivity index (χ0) is 16.2. The Balaban J connectivity index is 3.06. The Hall–Kier alpha value is -2.06. The van der Waals surface area contributed by atoms with Crippen LogP contribution in [0.3, 0.4) is 0 Å². The highest BCUT2D eigenvalue weighted by Crippen LogP contribution is 2.28. The third kappa shape index (κ3) is 4.76. The Morgan fingerprint density at radius 3 is 2.38 bits per heavy atom. The molecule has 1 rings (SSSR count). The van der Waals surface area contributed by atoms with Crippen molar-refractivity contribution < 1.29 is 18.0 Å². The molecule has 118 valence electrons. The number of nitrogens with zero attached hydrogens (tertiary/aromatic N) is 3. The minimum atomic E-state index is -4.66. The molecule has 9 heteroatoms. The van der Waals surface area contributed by atoms with Gasteiger partial charge in [0.2, 0.25) is 11.7 Å². The molecule has 2 N–H and O–H groups in total. The van der Waals surface area contributed by atoms with Gasteiger partial charge >= 0.3 is 6.18 Å². The Bertz CT molecular complexity index is 504. The fraction of sp³-hybridized carbons (Fsp3) is 0.583. The molecule has 1 unspecified atom stereocenters. The van der Waals surface area contributed by atoms with Crippen LogP contribution in [-0.4, -0.2) is 47.5 Å². The molecule has 0 aromatic carbocycles. The summed E-state index contributed by atoms with van der Waals surface area (Å²) in [6, 6.07) is 0.628. The van der Waals surface area contributed by atoms with Crippen molar-refractivity contribution in [1.29, 1.82) is 0 Å². The van der Waals surface area contributed by atoms with Crippen LogP contribution >= 0.6 is 0 Å². The lowest BCUT2D eigenvalue weighted by Crippen LogP contribution is -2.37. The molecule has 1 amide bonds. The molecule has 1 aromatic rings. The standard InChI is InChI=1S/C12H18F3N5O/c1-5-16-8-6-9(17-7(2)10(21)20(3)4)19-11(18-8)12(13,14)15/h6-7H,5H2,1-4H3,(H2,16,17,18,19). The third-order valence-corrected chi connectivity index (χ3v) is 2.51. The number of amides is 1. The summed E-state index contributed by atoms with van der Waals surface area (Å²) in [7, 11) is 3.12.